The van der Waals surface area contributed by atoms with Gasteiger partial charge in [0.1, 0.15) is 5.58 Å². The zero-order valence-electron chi connectivity index (χ0n) is 11.0. The fourth-order valence-electron chi connectivity index (χ4n) is 2.40. The van der Waals surface area contributed by atoms with Gasteiger partial charge in [0, 0.05) is 10.9 Å². The molecule has 0 aliphatic carbocycles. The van der Waals surface area contributed by atoms with Crippen LogP contribution in [-0.2, 0) is 0 Å². The van der Waals surface area contributed by atoms with E-state index < -0.39 is 0 Å². The average molecular weight is 281 g/mol. The van der Waals surface area contributed by atoms with Gasteiger partial charge in [0.05, 0.1) is 5.69 Å². The largest absolute Gasteiger partial charge is 0.454 e. The number of fused-ring (bicyclic) bond motifs is 2. The first-order chi connectivity index (χ1) is 10.2. The highest BCUT2D eigenvalue weighted by Gasteiger charge is 2.22. The summed E-state index contributed by atoms with van der Waals surface area (Å²) >= 11 is 0. The number of para-hydroxylation sites is 1. The lowest BCUT2D eigenvalue weighted by atomic mass is 10.1. The summed E-state index contributed by atoms with van der Waals surface area (Å²) in [7, 11) is 0. The number of nitrogens with two attached hydrogens (primary N) is 1. The standard InChI is InChI=1S/C16H11NO4/c17-14-10-3-1-2-4-11(10)21-16(14)15(18)9-5-6-12-13(7-9)20-8-19-12/h1-7H,8,17H2. The summed E-state index contributed by atoms with van der Waals surface area (Å²) in [5.74, 6) is 1.05. The van der Waals surface area contributed by atoms with Gasteiger partial charge in [0.15, 0.2) is 17.3 Å². The lowest BCUT2D eigenvalue weighted by molar-refractivity contribution is 0.101. The van der Waals surface area contributed by atoms with Crippen LogP contribution in [0.25, 0.3) is 11.0 Å². The van der Waals surface area contributed by atoms with Gasteiger partial charge in [-0.15, -0.1) is 0 Å². The van der Waals surface area contributed by atoms with E-state index in [4.69, 9.17) is 19.6 Å². The molecule has 0 bridgehead atoms. The number of nitrogen functional groups attached to an aromatic ring is 1. The molecule has 21 heavy (non-hydrogen) atoms. The lowest BCUT2D eigenvalue weighted by Crippen LogP contribution is -2.03. The zero-order valence-corrected chi connectivity index (χ0v) is 11.0. The van der Waals surface area contributed by atoms with Gasteiger partial charge in [-0.05, 0) is 30.3 Å². The zero-order chi connectivity index (χ0) is 14.4. The molecule has 0 spiro atoms. The molecule has 0 fully saturated rings. The molecule has 1 aromatic heterocycles. The minimum atomic E-state index is -0.276. The van der Waals surface area contributed by atoms with Crippen molar-refractivity contribution in [1.82, 2.24) is 0 Å². The smallest absolute Gasteiger partial charge is 0.231 e. The number of benzene rings is 2. The SMILES string of the molecule is Nc1c(C(=O)c2ccc3c(c2)OCO3)oc2ccccc12. The van der Waals surface area contributed by atoms with Crippen molar-refractivity contribution in [3.8, 4) is 11.5 Å². The first-order valence-electron chi connectivity index (χ1n) is 6.45. The fourth-order valence-corrected chi connectivity index (χ4v) is 2.40. The number of carbonyl (C=O) groups excluding carboxylic acids is 1. The predicted molar refractivity (Wildman–Crippen MR) is 76.6 cm³/mol. The Hall–Kier alpha value is -2.95. The summed E-state index contributed by atoms with van der Waals surface area (Å²) < 4.78 is 16.1. The topological polar surface area (TPSA) is 74.7 Å². The summed E-state index contributed by atoms with van der Waals surface area (Å²) in [4.78, 5) is 12.6. The van der Waals surface area contributed by atoms with Crippen LogP contribution in [0.4, 0.5) is 5.69 Å². The second-order valence-electron chi connectivity index (χ2n) is 4.74. The van der Waals surface area contributed by atoms with E-state index in [1.807, 2.05) is 18.2 Å². The summed E-state index contributed by atoms with van der Waals surface area (Å²) in [5.41, 5.74) is 7.42. The number of ketones is 1. The van der Waals surface area contributed by atoms with Crippen molar-refractivity contribution < 1.29 is 18.7 Å². The minimum absolute atomic E-state index is 0.148. The molecule has 2 aromatic carbocycles. The van der Waals surface area contributed by atoms with Crippen molar-refractivity contribution in [2.24, 2.45) is 0 Å². The monoisotopic (exact) mass is 281 g/mol. The summed E-state index contributed by atoms with van der Waals surface area (Å²) in [6.07, 6.45) is 0. The Bertz CT molecular complexity index is 866. The van der Waals surface area contributed by atoms with E-state index in [-0.39, 0.29) is 18.3 Å². The molecular weight excluding hydrogens is 270 g/mol. The Labute approximate surface area is 119 Å². The van der Waals surface area contributed by atoms with Crippen molar-refractivity contribution in [1.29, 1.82) is 0 Å². The van der Waals surface area contributed by atoms with Gasteiger partial charge in [-0.25, -0.2) is 0 Å². The maximum Gasteiger partial charge on any atom is 0.231 e. The molecule has 2 heterocycles. The third kappa shape index (κ3) is 1.74. The molecule has 1 aliphatic rings. The number of hydrogen-bond donors (Lipinski definition) is 1. The lowest BCUT2D eigenvalue weighted by Gasteiger charge is -2.01. The molecular formula is C16H11NO4. The van der Waals surface area contributed by atoms with Crippen molar-refractivity contribution >= 4 is 22.4 Å². The first-order valence-corrected chi connectivity index (χ1v) is 6.45. The molecule has 5 heteroatoms. The Morgan fingerprint density at radius 1 is 1.05 bits per heavy atom. The number of hydrogen-bond acceptors (Lipinski definition) is 5. The van der Waals surface area contributed by atoms with Crippen LogP contribution in [0.1, 0.15) is 16.1 Å². The summed E-state index contributed by atoms with van der Waals surface area (Å²) in [5, 5.41) is 0.738. The summed E-state index contributed by atoms with van der Waals surface area (Å²) in [6, 6.07) is 12.3. The molecule has 0 saturated heterocycles. The molecule has 0 amide bonds. The highest BCUT2D eigenvalue weighted by molar-refractivity contribution is 6.14. The van der Waals surface area contributed by atoms with E-state index in [9.17, 15) is 4.79 Å². The number of anilines is 1. The normalized spacial score (nSPS) is 12.8. The van der Waals surface area contributed by atoms with Gasteiger partial charge in [-0.1, -0.05) is 12.1 Å². The highest BCUT2D eigenvalue weighted by Crippen LogP contribution is 2.35. The maximum atomic E-state index is 12.6. The van der Waals surface area contributed by atoms with E-state index in [1.165, 1.54) is 0 Å². The molecule has 3 aromatic rings. The Morgan fingerprint density at radius 2 is 1.86 bits per heavy atom. The van der Waals surface area contributed by atoms with Crippen LogP contribution in [0, 0.1) is 0 Å². The van der Waals surface area contributed by atoms with Crippen LogP contribution in [0.2, 0.25) is 0 Å². The molecule has 0 atom stereocenters. The molecule has 2 N–H and O–H groups in total. The summed E-state index contributed by atoms with van der Waals surface area (Å²) in [6.45, 7) is 0.166. The third-order valence-electron chi connectivity index (χ3n) is 3.47. The molecule has 1 aliphatic heterocycles. The van der Waals surface area contributed by atoms with Crippen LogP contribution >= 0.6 is 0 Å². The molecule has 0 saturated carbocycles. The Morgan fingerprint density at radius 3 is 2.71 bits per heavy atom. The highest BCUT2D eigenvalue weighted by atomic mass is 16.7. The van der Waals surface area contributed by atoms with E-state index in [0.29, 0.717) is 28.3 Å². The number of ether oxygens (including phenoxy) is 2. The van der Waals surface area contributed by atoms with E-state index >= 15 is 0 Å². The molecule has 5 nitrogen and oxygen atoms in total. The van der Waals surface area contributed by atoms with Crippen LogP contribution in [0.5, 0.6) is 11.5 Å². The van der Waals surface area contributed by atoms with Gasteiger partial charge in [0.2, 0.25) is 12.6 Å². The molecule has 104 valence electrons. The van der Waals surface area contributed by atoms with Gasteiger partial charge in [-0.2, -0.15) is 0 Å². The van der Waals surface area contributed by atoms with E-state index in [2.05, 4.69) is 0 Å². The second-order valence-corrected chi connectivity index (χ2v) is 4.74. The van der Waals surface area contributed by atoms with Crippen LogP contribution in [-0.4, -0.2) is 12.6 Å². The number of carbonyl (C=O) groups is 1. The Kier molecular flexibility index (Phi) is 2.41. The molecule has 4 rings (SSSR count). The van der Waals surface area contributed by atoms with Crippen LogP contribution in [0.15, 0.2) is 46.9 Å². The third-order valence-corrected chi connectivity index (χ3v) is 3.47. The fraction of sp³-hybridized carbons (Fsp3) is 0.0625. The van der Waals surface area contributed by atoms with Gasteiger partial charge in [-0.3, -0.25) is 4.79 Å². The van der Waals surface area contributed by atoms with Crippen molar-refractivity contribution in [2.45, 2.75) is 0 Å². The quantitative estimate of drug-likeness (QED) is 0.731. The molecule has 0 radical (unpaired) electrons. The predicted octanol–water partition coefficient (Wildman–Crippen LogP) is 2.97. The van der Waals surface area contributed by atoms with Gasteiger partial charge >= 0.3 is 0 Å². The van der Waals surface area contributed by atoms with E-state index in [0.717, 1.165) is 5.39 Å². The minimum Gasteiger partial charge on any atom is -0.454 e. The van der Waals surface area contributed by atoms with Gasteiger partial charge < -0.3 is 19.6 Å². The van der Waals surface area contributed by atoms with Crippen molar-refractivity contribution in [3.63, 3.8) is 0 Å². The van der Waals surface area contributed by atoms with E-state index in [1.54, 1.807) is 24.3 Å². The van der Waals surface area contributed by atoms with Crippen LogP contribution < -0.4 is 15.2 Å². The first kappa shape index (κ1) is 11.8. The van der Waals surface area contributed by atoms with Gasteiger partial charge in [0.25, 0.3) is 0 Å². The number of furan rings is 1. The van der Waals surface area contributed by atoms with Crippen LogP contribution in [0.3, 0.4) is 0 Å². The molecule has 0 unspecified atom stereocenters. The average Bonchev–Trinajstić information content (AvgIpc) is 3.11. The Balaban J connectivity index is 1.81. The van der Waals surface area contributed by atoms with Crippen molar-refractivity contribution in [2.75, 3.05) is 12.5 Å². The second kappa shape index (κ2) is 4.28. The maximum absolute atomic E-state index is 12.6. The number of rotatable bonds is 2. The van der Waals surface area contributed by atoms with Crippen molar-refractivity contribution in [3.05, 3.63) is 53.8 Å².